The molecule has 0 saturated heterocycles. The smallest absolute Gasteiger partial charge is 0.329 e. The average molecular weight is 288 g/mol. The molecule has 1 rings (SSSR count). The summed E-state index contributed by atoms with van der Waals surface area (Å²) in [5.74, 6) is -2.59. The molecule has 0 aliphatic rings. The Balaban J connectivity index is 3.23. The minimum atomic E-state index is -1.43. The molecule has 1 aromatic carbocycles. The van der Waals surface area contributed by atoms with Gasteiger partial charge in [-0.15, -0.1) is 0 Å². The Kier molecular flexibility index (Phi) is 4.52. The summed E-state index contributed by atoms with van der Waals surface area (Å²) in [7, 11) is 0. The van der Waals surface area contributed by atoms with Gasteiger partial charge in [-0.05, 0) is 39.0 Å². The van der Waals surface area contributed by atoms with Crippen LogP contribution in [0.1, 0.15) is 31.1 Å². The van der Waals surface area contributed by atoms with Crippen molar-refractivity contribution in [1.82, 2.24) is 4.90 Å². The third kappa shape index (κ3) is 3.04. The Hall–Kier alpha value is -1.62. The highest BCUT2D eigenvalue weighted by atomic mass is 35.5. The van der Waals surface area contributed by atoms with E-state index in [0.717, 1.165) is 11.0 Å². The molecule has 0 radical (unpaired) electrons. The first-order valence-electron chi connectivity index (χ1n) is 5.72. The Bertz CT molecular complexity index is 517. The molecule has 0 unspecified atom stereocenters. The van der Waals surface area contributed by atoms with Crippen LogP contribution >= 0.6 is 11.6 Å². The van der Waals surface area contributed by atoms with Crippen LogP contribution in [0.25, 0.3) is 0 Å². The van der Waals surface area contributed by atoms with Crippen LogP contribution in [0.2, 0.25) is 5.02 Å². The van der Waals surface area contributed by atoms with Gasteiger partial charge in [0.1, 0.15) is 11.4 Å². The minimum Gasteiger partial charge on any atom is -0.480 e. The van der Waals surface area contributed by atoms with Crippen molar-refractivity contribution in [2.45, 2.75) is 26.3 Å². The van der Waals surface area contributed by atoms with E-state index >= 15 is 0 Å². The number of hydrogen-bond acceptors (Lipinski definition) is 2. The molecule has 19 heavy (non-hydrogen) atoms. The van der Waals surface area contributed by atoms with Gasteiger partial charge < -0.3 is 10.0 Å². The molecule has 4 nitrogen and oxygen atoms in total. The second-order valence-corrected chi connectivity index (χ2v) is 4.97. The van der Waals surface area contributed by atoms with E-state index in [-0.39, 0.29) is 17.1 Å². The Labute approximate surface area is 115 Å². The van der Waals surface area contributed by atoms with Crippen molar-refractivity contribution >= 4 is 23.5 Å². The number of benzene rings is 1. The number of aliphatic carboxylic acids is 1. The van der Waals surface area contributed by atoms with Crippen molar-refractivity contribution in [3.05, 3.63) is 34.6 Å². The Morgan fingerprint density at radius 3 is 2.47 bits per heavy atom. The molecular formula is C13H15ClFNO3. The average Bonchev–Trinajstić information content (AvgIpc) is 2.32. The van der Waals surface area contributed by atoms with Crippen molar-refractivity contribution in [1.29, 1.82) is 0 Å². The van der Waals surface area contributed by atoms with Gasteiger partial charge in [0.15, 0.2) is 0 Å². The van der Waals surface area contributed by atoms with Crippen LogP contribution < -0.4 is 0 Å². The first kappa shape index (κ1) is 15.4. The number of amides is 1. The molecular weight excluding hydrogens is 273 g/mol. The predicted octanol–water partition coefficient (Wildman–Crippen LogP) is 2.80. The Morgan fingerprint density at radius 1 is 1.42 bits per heavy atom. The summed E-state index contributed by atoms with van der Waals surface area (Å²) in [5, 5.41) is 9.37. The standard InChI is InChI=1S/C13H15ClFNO3/c1-4-16(13(2,3)12(18)19)11(17)9-7-8(14)5-6-10(9)15/h5-7H,4H2,1-3H3,(H,18,19). The number of carboxylic acid groups (broad SMARTS) is 1. The number of carbonyl (C=O) groups excluding carboxylic acids is 1. The third-order valence-electron chi connectivity index (χ3n) is 2.92. The number of likely N-dealkylation sites (N-methyl/N-ethyl adjacent to an activating group) is 1. The quantitative estimate of drug-likeness (QED) is 0.926. The van der Waals surface area contributed by atoms with E-state index in [1.54, 1.807) is 6.92 Å². The molecule has 6 heteroatoms. The lowest BCUT2D eigenvalue weighted by molar-refractivity contribution is -0.147. The molecule has 0 heterocycles. The van der Waals surface area contributed by atoms with E-state index in [1.807, 2.05) is 0 Å². The number of rotatable bonds is 4. The van der Waals surface area contributed by atoms with Gasteiger partial charge in [-0.1, -0.05) is 11.6 Å². The maximum atomic E-state index is 13.7. The van der Waals surface area contributed by atoms with Crippen molar-refractivity contribution in [2.75, 3.05) is 6.54 Å². The summed E-state index contributed by atoms with van der Waals surface area (Å²) in [5.41, 5.74) is -1.66. The first-order valence-corrected chi connectivity index (χ1v) is 6.10. The molecule has 0 bridgehead atoms. The monoisotopic (exact) mass is 287 g/mol. The van der Waals surface area contributed by atoms with E-state index in [4.69, 9.17) is 16.7 Å². The zero-order valence-electron chi connectivity index (χ0n) is 10.9. The summed E-state index contributed by atoms with van der Waals surface area (Å²) in [6.07, 6.45) is 0. The van der Waals surface area contributed by atoms with Crippen LogP contribution in [-0.4, -0.2) is 34.0 Å². The van der Waals surface area contributed by atoms with Gasteiger partial charge in [0.25, 0.3) is 5.91 Å². The first-order chi connectivity index (χ1) is 8.71. The van der Waals surface area contributed by atoms with Crippen molar-refractivity contribution in [3.63, 3.8) is 0 Å². The van der Waals surface area contributed by atoms with Gasteiger partial charge in [-0.3, -0.25) is 4.79 Å². The van der Waals surface area contributed by atoms with E-state index in [2.05, 4.69) is 0 Å². The predicted molar refractivity (Wildman–Crippen MR) is 69.8 cm³/mol. The highest BCUT2D eigenvalue weighted by Gasteiger charge is 2.37. The van der Waals surface area contributed by atoms with Gasteiger partial charge in [-0.25, -0.2) is 9.18 Å². The summed E-state index contributed by atoms with van der Waals surface area (Å²) in [6, 6.07) is 3.60. The van der Waals surface area contributed by atoms with E-state index in [1.165, 1.54) is 26.0 Å². The molecule has 0 fully saturated rings. The topological polar surface area (TPSA) is 57.6 Å². The summed E-state index contributed by atoms with van der Waals surface area (Å²) in [6.45, 7) is 4.55. The zero-order valence-corrected chi connectivity index (χ0v) is 11.7. The van der Waals surface area contributed by atoms with E-state index in [9.17, 15) is 14.0 Å². The second kappa shape index (κ2) is 5.57. The van der Waals surface area contributed by atoms with Crippen LogP contribution in [0.15, 0.2) is 18.2 Å². The molecule has 1 amide bonds. The van der Waals surface area contributed by atoms with Crippen molar-refractivity contribution < 1.29 is 19.1 Å². The van der Waals surface area contributed by atoms with Crippen LogP contribution in [-0.2, 0) is 4.79 Å². The SMILES string of the molecule is CCN(C(=O)c1cc(Cl)ccc1F)C(C)(C)C(=O)O. The van der Waals surface area contributed by atoms with Gasteiger partial charge in [-0.2, -0.15) is 0 Å². The molecule has 0 spiro atoms. The fourth-order valence-corrected chi connectivity index (χ4v) is 1.89. The highest BCUT2D eigenvalue weighted by molar-refractivity contribution is 6.31. The van der Waals surface area contributed by atoms with Crippen LogP contribution in [0.4, 0.5) is 4.39 Å². The molecule has 104 valence electrons. The highest BCUT2D eigenvalue weighted by Crippen LogP contribution is 2.22. The lowest BCUT2D eigenvalue weighted by Crippen LogP contribution is -2.53. The van der Waals surface area contributed by atoms with E-state index < -0.39 is 23.2 Å². The molecule has 0 aromatic heterocycles. The fraction of sp³-hybridized carbons (Fsp3) is 0.385. The second-order valence-electron chi connectivity index (χ2n) is 4.54. The Morgan fingerprint density at radius 2 is 2.00 bits per heavy atom. The number of carbonyl (C=O) groups is 2. The largest absolute Gasteiger partial charge is 0.480 e. The van der Waals surface area contributed by atoms with Gasteiger partial charge in [0.05, 0.1) is 5.56 Å². The summed E-state index contributed by atoms with van der Waals surface area (Å²) < 4.78 is 13.7. The van der Waals surface area contributed by atoms with Crippen molar-refractivity contribution in [3.8, 4) is 0 Å². The molecule has 1 N–H and O–H groups in total. The third-order valence-corrected chi connectivity index (χ3v) is 3.15. The fourth-order valence-electron chi connectivity index (χ4n) is 1.71. The molecule has 0 aliphatic carbocycles. The minimum absolute atomic E-state index is 0.143. The van der Waals surface area contributed by atoms with E-state index in [0.29, 0.717) is 0 Å². The number of nitrogens with zero attached hydrogens (tertiary/aromatic N) is 1. The van der Waals surface area contributed by atoms with Crippen LogP contribution in [0.3, 0.4) is 0 Å². The zero-order chi connectivity index (χ0) is 14.8. The number of halogens is 2. The maximum absolute atomic E-state index is 13.7. The van der Waals surface area contributed by atoms with Gasteiger partial charge >= 0.3 is 5.97 Å². The molecule has 0 saturated carbocycles. The maximum Gasteiger partial charge on any atom is 0.329 e. The lowest BCUT2D eigenvalue weighted by Gasteiger charge is -2.34. The van der Waals surface area contributed by atoms with Crippen LogP contribution in [0.5, 0.6) is 0 Å². The lowest BCUT2D eigenvalue weighted by atomic mass is 10.0. The molecule has 0 aliphatic heterocycles. The normalized spacial score (nSPS) is 11.2. The van der Waals surface area contributed by atoms with Gasteiger partial charge in [0.2, 0.25) is 0 Å². The van der Waals surface area contributed by atoms with Crippen molar-refractivity contribution in [2.24, 2.45) is 0 Å². The number of carboxylic acids is 1. The number of hydrogen-bond donors (Lipinski definition) is 1. The van der Waals surface area contributed by atoms with Gasteiger partial charge in [0, 0.05) is 11.6 Å². The molecule has 0 atom stereocenters. The summed E-state index contributed by atoms with van der Waals surface area (Å²) >= 11 is 5.73. The molecule has 1 aromatic rings. The van der Waals surface area contributed by atoms with Crippen LogP contribution in [0, 0.1) is 5.82 Å². The summed E-state index contributed by atoms with van der Waals surface area (Å²) in [4.78, 5) is 24.5.